The first kappa shape index (κ1) is 17.0. The summed E-state index contributed by atoms with van der Waals surface area (Å²) in [5, 5.41) is 18.8. The normalized spacial score (nSPS) is 12.0. The van der Waals surface area contributed by atoms with Crippen LogP contribution in [0.25, 0.3) is 0 Å². The third-order valence-corrected chi connectivity index (χ3v) is 4.48. The Hall–Kier alpha value is -2.41. The number of nitrogens with zero attached hydrogens (tertiary/aromatic N) is 1. The van der Waals surface area contributed by atoms with E-state index in [2.05, 4.69) is 10.6 Å². The molecule has 0 aliphatic heterocycles. The van der Waals surface area contributed by atoms with Crippen LogP contribution < -0.4 is 10.6 Å². The van der Waals surface area contributed by atoms with Crippen LogP contribution in [-0.2, 0) is 0 Å². The van der Waals surface area contributed by atoms with Crippen molar-refractivity contribution < 1.29 is 9.72 Å². The fourth-order valence-electron chi connectivity index (χ4n) is 2.29. The lowest BCUT2D eigenvalue weighted by atomic mass is 10.0. The molecule has 0 aliphatic rings. The van der Waals surface area contributed by atoms with Gasteiger partial charge in [-0.3, -0.25) is 14.9 Å². The summed E-state index contributed by atoms with van der Waals surface area (Å²) in [4.78, 5) is 24.2. The molecule has 0 radical (unpaired) electrons. The number of rotatable bonds is 6. The largest absolute Gasteiger partial charge is 0.383 e. The van der Waals surface area contributed by atoms with Crippen molar-refractivity contribution in [3.05, 3.63) is 56.3 Å². The Labute approximate surface area is 138 Å². The van der Waals surface area contributed by atoms with Gasteiger partial charge in [-0.25, -0.2) is 0 Å². The van der Waals surface area contributed by atoms with Crippen molar-refractivity contribution in [1.82, 2.24) is 5.32 Å². The molecule has 0 spiro atoms. The van der Waals surface area contributed by atoms with Crippen LogP contribution in [0.1, 0.15) is 35.1 Å². The van der Waals surface area contributed by atoms with E-state index in [0.29, 0.717) is 5.69 Å². The highest BCUT2D eigenvalue weighted by Gasteiger charge is 2.22. The van der Waals surface area contributed by atoms with Crippen LogP contribution in [0, 0.1) is 16.0 Å². The molecule has 2 rings (SSSR count). The van der Waals surface area contributed by atoms with Crippen molar-refractivity contribution in [1.29, 1.82) is 0 Å². The summed E-state index contributed by atoms with van der Waals surface area (Å²) >= 11 is 1.58. The number of hydrogen-bond donors (Lipinski definition) is 2. The van der Waals surface area contributed by atoms with Crippen molar-refractivity contribution in [3.63, 3.8) is 0 Å². The average molecular weight is 333 g/mol. The lowest BCUT2D eigenvalue weighted by Crippen LogP contribution is -2.31. The number of nitro groups is 1. The number of benzene rings is 1. The van der Waals surface area contributed by atoms with Crippen LogP contribution in [0.4, 0.5) is 11.4 Å². The van der Waals surface area contributed by atoms with Gasteiger partial charge in [0.15, 0.2) is 0 Å². The molecule has 0 fully saturated rings. The molecule has 0 saturated heterocycles. The number of hydrogen-bond acceptors (Lipinski definition) is 5. The molecular weight excluding hydrogens is 314 g/mol. The Morgan fingerprint density at radius 3 is 2.57 bits per heavy atom. The van der Waals surface area contributed by atoms with E-state index in [1.54, 1.807) is 30.5 Å². The summed E-state index contributed by atoms with van der Waals surface area (Å²) in [5.41, 5.74) is 0.542. The minimum atomic E-state index is -0.498. The molecule has 2 aromatic rings. The van der Waals surface area contributed by atoms with Crippen LogP contribution >= 0.6 is 11.3 Å². The smallest absolute Gasteiger partial charge is 0.293 e. The molecule has 0 saturated carbocycles. The molecule has 0 aliphatic carbocycles. The molecular formula is C16H19N3O3S. The molecule has 1 atom stereocenters. The highest BCUT2D eigenvalue weighted by atomic mass is 32.1. The number of carbonyl (C=O) groups is 1. The molecule has 1 aromatic carbocycles. The number of amides is 1. The maximum atomic E-state index is 12.5. The molecule has 1 aromatic heterocycles. The molecule has 23 heavy (non-hydrogen) atoms. The zero-order chi connectivity index (χ0) is 17.0. The van der Waals surface area contributed by atoms with E-state index in [1.165, 1.54) is 6.07 Å². The lowest BCUT2D eigenvalue weighted by molar-refractivity contribution is -0.384. The third-order valence-electron chi connectivity index (χ3n) is 3.53. The number of anilines is 1. The van der Waals surface area contributed by atoms with Crippen molar-refractivity contribution in [2.75, 3.05) is 12.4 Å². The van der Waals surface area contributed by atoms with Gasteiger partial charge in [-0.2, -0.15) is 0 Å². The molecule has 2 N–H and O–H groups in total. The molecule has 0 bridgehead atoms. The van der Waals surface area contributed by atoms with Gasteiger partial charge >= 0.3 is 0 Å². The quantitative estimate of drug-likeness (QED) is 0.621. The second-order valence-electron chi connectivity index (χ2n) is 5.45. The molecule has 1 heterocycles. The minimum Gasteiger partial charge on any atom is -0.383 e. The predicted octanol–water partition coefficient (Wildman–Crippen LogP) is 3.83. The second-order valence-corrected chi connectivity index (χ2v) is 6.43. The fourth-order valence-corrected chi connectivity index (χ4v) is 3.24. The molecule has 0 unspecified atom stereocenters. The summed E-state index contributed by atoms with van der Waals surface area (Å²) in [6, 6.07) is 8.22. The Morgan fingerprint density at radius 1 is 1.30 bits per heavy atom. The van der Waals surface area contributed by atoms with Crippen LogP contribution in [0.15, 0.2) is 35.7 Å². The topological polar surface area (TPSA) is 84.3 Å². The van der Waals surface area contributed by atoms with E-state index in [9.17, 15) is 14.9 Å². The SMILES string of the molecule is CNc1ccc(C(=O)N[C@H](c2cccs2)C(C)C)cc1[N+](=O)[O-]. The number of carbonyl (C=O) groups excluding carboxylic acids is 1. The Kier molecular flexibility index (Phi) is 5.33. The van der Waals surface area contributed by atoms with E-state index in [4.69, 9.17) is 0 Å². The molecule has 122 valence electrons. The number of nitrogens with one attached hydrogen (secondary N) is 2. The maximum Gasteiger partial charge on any atom is 0.293 e. The maximum absolute atomic E-state index is 12.5. The van der Waals surface area contributed by atoms with Crippen LogP contribution in [0.2, 0.25) is 0 Å². The first-order chi connectivity index (χ1) is 10.9. The van der Waals surface area contributed by atoms with Gasteiger partial charge in [0, 0.05) is 23.6 Å². The summed E-state index contributed by atoms with van der Waals surface area (Å²) < 4.78 is 0. The Morgan fingerprint density at radius 2 is 2.04 bits per heavy atom. The van der Waals surface area contributed by atoms with Crippen molar-refractivity contribution >= 4 is 28.6 Å². The van der Waals surface area contributed by atoms with Gasteiger partial charge in [0.05, 0.1) is 11.0 Å². The van der Waals surface area contributed by atoms with Gasteiger partial charge < -0.3 is 10.6 Å². The minimum absolute atomic E-state index is 0.114. The van der Waals surface area contributed by atoms with E-state index in [1.807, 2.05) is 31.4 Å². The van der Waals surface area contributed by atoms with Gasteiger partial charge in [-0.05, 0) is 29.5 Å². The van der Waals surface area contributed by atoms with Crippen LogP contribution in [-0.4, -0.2) is 17.9 Å². The van der Waals surface area contributed by atoms with E-state index in [0.717, 1.165) is 4.88 Å². The predicted molar refractivity (Wildman–Crippen MR) is 92.0 cm³/mol. The summed E-state index contributed by atoms with van der Waals surface area (Å²) in [6.07, 6.45) is 0. The zero-order valence-corrected chi connectivity index (χ0v) is 14.0. The van der Waals surface area contributed by atoms with Gasteiger partial charge in [-0.1, -0.05) is 19.9 Å². The fraction of sp³-hybridized carbons (Fsp3) is 0.312. The first-order valence-electron chi connectivity index (χ1n) is 7.24. The Balaban J connectivity index is 2.26. The molecule has 6 nitrogen and oxygen atoms in total. The van der Waals surface area contributed by atoms with Crippen molar-refractivity contribution in [2.24, 2.45) is 5.92 Å². The number of nitro benzene ring substituents is 1. The average Bonchev–Trinajstić information content (AvgIpc) is 3.05. The lowest BCUT2D eigenvalue weighted by Gasteiger charge is -2.21. The first-order valence-corrected chi connectivity index (χ1v) is 8.12. The summed E-state index contributed by atoms with van der Waals surface area (Å²) in [5.74, 6) is -0.105. The van der Waals surface area contributed by atoms with Crippen molar-refractivity contribution in [2.45, 2.75) is 19.9 Å². The zero-order valence-electron chi connectivity index (χ0n) is 13.2. The van der Waals surface area contributed by atoms with E-state index in [-0.39, 0.29) is 29.1 Å². The van der Waals surface area contributed by atoms with E-state index >= 15 is 0 Å². The van der Waals surface area contributed by atoms with Crippen molar-refractivity contribution in [3.8, 4) is 0 Å². The molecule has 7 heteroatoms. The third kappa shape index (κ3) is 3.87. The van der Waals surface area contributed by atoms with Gasteiger partial charge in [0.25, 0.3) is 11.6 Å². The highest BCUT2D eigenvalue weighted by Crippen LogP contribution is 2.28. The van der Waals surface area contributed by atoms with Crippen LogP contribution in [0.5, 0.6) is 0 Å². The summed E-state index contributed by atoms with van der Waals surface area (Å²) in [6.45, 7) is 4.05. The van der Waals surface area contributed by atoms with Gasteiger partial charge in [0.2, 0.25) is 0 Å². The second kappa shape index (κ2) is 7.23. The molecule has 1 amide bonds. The van der Waals surface area contributed by atoms with Crippen LogP contribution in [0.3, 0.4) is 0 Å². The standard InChI is InChI=1S/C16H19N3O3S/c1-10(2)15(14-5-4-8-23-14)18-16(20)11-6-7-12(17-3)13(9-11)19(21)22/h4-10,15,17H,1-3H3,(H,18,20)/t15-/m0/s1. The van der Waals surface area contributed by atoms with Gasteiger partial charge in [0.1, 0.15) is 5.69 Å². The summed E-state index contributed by atoms with van der Waals surface area (Å²) in [7, 11) is 1.60. The number of thiophene rings is 1. The Bertz CT molecular complexity index is 699. The van der Waals surface area contributed by atoms with E-state index < -0.39 is 4.92 Å². The highest BCUT2D eigenvalue weighted by molar-refractivity contribution is 7.10. The van der Waals surface area contributed by atoms with Gasteiger partial charge in [-0.15, -0.1) is 11.3 Å². The monoisotopic (exact) mass is 333 g/mol.